The first-order chi connectivity index (χ1) is 12.1. The summed E-state index contributed by atoms with van der Waals surface area (Å²) in [6.07, 6.45) is 4.96. The van der Waals surface area contributed by atoms with Crippen LogP contribution in [0.4, 0.5) is 5.69 Å². The summed E-state index contributed by atoms with van der Waals surface area (Å²) in [7, 11) is 0. The molecule has 0 bridgehead atoms. The Balaban J connectivity index is 1.88. The van der Waals surface area contributed by atoms with Crippen LogP contribution in [0.1, 0.15) is 5.56 Å². The lowest BCUT2D eigenvalue weighted by Gasteiger charge is -2.28. The molecular formula is C19H13ClN2O2S. The summed E-state index contributed by atoms with van der Waals surface area (Å²) in [6, 6.07) is 16.2. The number of amides is 2. The Labute approximate surface area is 155 Å². The van der Waals surface area contributed by atoms with Crippen LogP contribution in [-0.4, -0.2) is 16.9 Å². The van der Waals surface area contributed by atoms with Crippen molar-refractivity contribution in [3.63, 3.8) is 0 Å². The van der Waals surface area contributed by atoms with Gasteiger partial charge in [0.25, 0.3) is 11.8 Å². The number of thiocarbonyl (C=S) groups is 1. The van der Waals surface area contributed by atoms with Crippen molar-refractivity contribution in [3.8, 4) is 0 Å². The number of nitrogens with one attached hydrogen (secondary N) is 1. The molecule has 25 heavy (non-hydrogen) atoms. The van der Waals surface area contributed by atoms with Gasteiger partial charge >= 0.3 is 0 Å². The normalized spacial score (nSPS) is 16.6. The summed E-state index contributed by atoms with van der Waals surface area (Å²) in [5.41, 5.74) is 1.51. The first-order valence-corrected chi connectivity index (χ1v) is 8.23. The molecule has 3 rings (SSSR count). The van der Waals surface area contributed by atoms with Crippen LogP contribution in [0.3, 0.4) is 0 Å². The maximum absolute atomic E-state index is 12.7. The first-order valence-electron chi connectivity index (χ1n) is 7.45. The Morgan fingerprint density at radius 2 is 1.68 bits per heavy atom. The lowest BCUT2D eigenvalue weighted by atomic mass is 10.1. The predicted octanol–water partition coefficient (Wildman–Crippen LogP) is 3.73. The van der Waals surface area contributed by atoms with Gasteiger partial charge in [-0.15, -0.1) is 0 Å². The lowest BCUT2D eigenvalue weighted by molar-refractivity contribution is -0.122. The molecule has 0 saturated carbocycles. The molecule has 6 heteroatoms. The number of carbonyl (C=O) groups excluding carboxylic acids is 2. The molecule has 1 heterocycles. The van der Waals surface area contributed by atoms with Crippen LogP contribution in [0.5, 0.6) is 0 Å². The molecule has 1 fully saturated rings. The molecule has 0 aliphatic carbocycles. The maximum atomic E-state index is 12.7. The van der Waals surface area contributed by atoms with Crippen LogP contribution in [-0.2, 0) is 9.59 Å². The summed E-state index contributed by atoms with van der Waals surface area (Å²) in [5.74, 6) is -0.994. The van der Waals surface area contributed by atoms with Crippen LogP contribution >= 0.6 is 23.8 Å². The first kappa shape index (κ1) is 17.1. The van der Waals surface area contributed by atoms with Crippen LogP contribution in [0.25, 0.3) is 6.08 Å². The van der Waals surface area contributed by atoms with Crippen LogP contribution in [0, 0.1) is 0 Å². The van der Waals surface area contributed by atoms with Gasteiger partial charge in [0.2, 0.25) is 0 Å². The molecule has 1 N–H and O–H groups in total. The fraction of sp³-hybridized carbons (Fsp3) is 0. The third-order valence-electron chi connectivity index (χ3n) is 3.54. The number of hydrogen-bond acceptors (Lipinski definition) is 3. The number of halogens is 1. The van der Waals surface area contributed by atoms with Crippen LogP contribution in [0.2, 0.25) is 5.02 Å². The Bertz CT molecular complexity index is 889. The van der Waals surface area contributed by atoms with E-state index in [0.717, 1.165) is 5.56 Å². The van der Waals surface area contributed by atoms with Crippen molar-refractivity contribution < 1.29 is 9.59 Å². The van der Waals surface area contributed by atoms with Gasteiger partial charge in [-0.3, -0.25) is 19.8 Å². The van der Waals surface area contributed by atoms with E-state index in [1.54, 1.807) is 30.3 Å². The van der Waals surface area contributed by atoms with Gasteiger partial charge in [0.05, 0.1) is 5.69 Å². The van der Waals surface area contributed by atoms with E-state index in [-0.39, 0.29) is 10.7 Å². The predicted molar refractivity (Wildman–Crippen MR) is 103 cm³/mol. The molecule has 4 nitrogen and oxygen atoms in total. The fourth-order valence-electron chi connectivity index (χ4n) is 2.32. The van der Waals surface area contributed by atoms with Crippen molar-refractivity contribution in [2.75, 3.05) is 4.90 Å². The van der Waals surface area contributed by atoms with E-state index >= 15 is 0 Å². The average Bonchev–Trinajstić information content (AvgIpc) is 2.60. The van der Waals surface area contributed by atoms with Crippen molar-refractivity contribution in [3.05, 3.63) is 82.9 Å². The molecular weight excluding hydrogens is 356 g/mol. The summed E-state index contributed by atoms with van der Waals surface area (Å²) in [4.78, 5) is 26.1. The monoisotopic (exact) mass is 368 g/mol. The van der Waals surface area contributed by atoms with Gasteiger partial charge in [-0.05, 0) is 48.1 Å². The Morgan fingerprint density at radius 3 is 2.36 bits per heavy atom. The van der Waals surface area contributed by atoms with Gasteiger partial charge in [-0.25, -0.2) is 0 Å². The van der Waals surface area contributed by atoms with E-state index in [1.807, 2.05) is 36.4 Å². The quantitative estimate of drug-likeness (QED) is 0.510. The second-order valence-corrected chi connectivity index (χ2v) is 6.05. The zero-order valence-corrected chi connectivity index (χ0v) is 14.6. The van der Waals surface area contributed by atoms with Crippen molar-refractivity contribution >= 4 is 52.5 Å². The van der Waals surface area contributed by atoms with Gasteiger partial charge in [-0.2, -0.15) is 0 Å². The number of carbonyl (C=O) groups is 2. The van der Waals surface area contributed by atoms with Crippen LogP contribution < -0.4 is 10.2 Å². The Kier molecular flexibility index (Phi) is 5.07. The fourth-order valence-corrected chi connectivity index (χ4v) is 2.73. The molecule has 2 amide bonds. The van der Waals surface area contributed by atoms with Gasteiger partial charge in [0, 0.05) is 5.02 Å². The number of nitrogens with zero attached hydrogens (tertiary/aromatic N) is 1. The van der Waals surface area contributed by atoms with Crippen molar-refractivity contribution in [2.24, 2.45) is 0 Å². The number of benzene rings is 2. The molecule has 2 aromatic rings. The Morgan fingerprint density at radius 1 is 1.00 bits per heavy atom. The second-order valence-electron chi connectivity index (χ2n) is 5.23. The third kappa shape index (κ3) is 3.84. The van der Waals surface area contributed by atoms with Gasteiger partial charge in [-0.1, -0.05) is 54.1 Å². The van der Waals surface area contributed by atoms with E-state index in [4.69, 9.17) is 23.8 Å². The van der Waals surface area contributed by atoms with E-state index in [0.29, 0.717) is 10.7 Å². The molecule has 0 atom stereocenters. The topological polar surface area (TPSA) is 49.4 Å². The number of hydrogen-bond donors (Lipinski definition) is 1. The molecule has 2 aromatic carbocycles. The molecule has 1 saturated heterocycles. The van der Waals surface area contributed by atoms with Gasteiger partial charge in [0.1, 0.15) is 5.57 Å². The smallest absolute Gasteiger partial charge is 0.270 e. The summed E-state index contributed by atoms with van der Waals surface area (Å²) in [5, 5.41) is 3.12. The second kappa shape index (κ2) is 7.42. The highest BCUT2D eigenvalue weighted by Crippen LogP contribution is 2.22. The highest BCUT2D eigenvalue weighted by atomic mass is 35.5. The number of rotatable bonds is 3. The highest BCUT2D eigenvalue weighted by Gasteiger charge is 2.33. The molecule has 0 aromatic heterocycles. The minimum absolute atomic E-state index is 0.00994. The standard InChI is InChI=1S/C19H13ClN2O2S/c20-14-9-11-15(12-10-14)22-18(24)16(17(23)21-19(22)25)8-4-7-13-5-2-1-3-6-13/h1-12H,(H,21,23,25)/b7-4+,16-8-. The van der Waals surface area contributed by atoms with Crippen molar-refractivity contribution in [1.29, 1.82) is 0 Å². The van der Waals surface area contributed by atoms with Gasteiger partial charge < -0.3 is 0 Å². The largest absolute Gasteiger partial charge is 0.298 e. The molecule has 0 radical (unpaired) electrons. The van der Waals surface area contributed by atoms with Crippen LogP contribution in [0.15, 0.2) is 72.3 Å². The van der Waals surface area contributed by atoms with E-state index in [9.17, 15) is 9.59 Å². The zero-order chi connectivity index (χ0) is 17.8. The average molecular weight is 369 g/mol. The van der Waals surface area contributed by atoms with E-state index < -0.39 is 11.8 Å². The lowest BCUT2D eigenvalue weighted by Crippen LogP contribution is -2.54. The number of allylic oxidation sites excluding steroid dienone is 2. The van der Waals surface area contributed by atoms with Crippen molar-refractivity contribution in [1.82, 2.24) is 5.32 Å². The summed E-state index contributed by atoms with van der Waals surface area (Å²) < 4.78 is 0. The minimum Gasteiger partial charge on any atom is -0.298 e. The molecule has 1 aliphatic heterocycles. The van der Waals surface area contributed by atoms with E-state index in [2.05, 4.69) is 5.32 Å². The molecule has 124 valence electrons. The highest BCUT2D eigenvalue weighted by molar-refractivity contribution is 7.80. The minimum atomic E-state index is -0.516. The summed E-state index contributed by atoms with van der Waals surface area (Å²) in [6.45, 7) is 0. The van der Waals surface area contributed by atoms with Gasteiger partial charge in [0.15, 0.2) is 5.11 Å². The number of anilines is 1. The summed E-state index contributed by atoms with van der Waals surface area (Å²) >= 11 is 11.0. The van der Waals surface area contributed by atoms with E-state index in [1.165, 1.54) is 11.0 Å². The Hall–Kier alpha value is -2.76. The molecule has 0 spiro atoms. The SMILES string of the molecule is O=C1NC(=S)N(c2ccc(Cl)cc2)C(=O)/C1=C\C=C\c1ccccc1. The maximum Gasteiger partial charge on any atom is 0.270 e. The van der Waals surface area contributed by atoms with Crippen molar-refractivity contribution in [2.45, 2.75) is 0 Å². The molecule has 1 aliphatic rings. The molecule has 0 unspecified atom stereocenters. The third-order valence-corrected chi connectivity index (χ3v) is 4.07. The zero-order valence-electron chi connectivity index (χ0n) is 13.0.